The first-order valence-electron chi connectivity index (χ1n) is 31.5. The normalized spacial score (nSPS) is 23.8. The van der Waals surface area contributed by atoms with Gasteiger partial charge in [0, 0.05) is 49.3 Å². The minimum Gasteiger partial charge on any atom is -0.508 e. The number of primary amides is 1. The van der Waals surface area contributed by atoms with E-state index in [4.69, 9.17) is 11.5 Å². The SMILES string of the molecule is CC(C)C[C@@H]1NC(=O)[C@H](CCCN)NC(=O)[C@H](C(C)C)NC(=O)[C@H](Cc2c[nH]c3ccccc23)NC(=O)[C@H](CC(=O)O)NC(=O)[C@H](CC(N)=O)NC(=O)[C@@H](Cc2ccccc2)NC(=O)[C@H](Cc2ccccc2)NC(=O)[C@@H]2CCCN2C(=O)[C@@H](Cc2ccc(O)cc2)NC1=O. The quantitative estimate of drug-likeness (QED) is 0.0561. The van der Waals surface area contributed by atoms with E-state index >= 15 is 4.79 Å². The molecule has 2 aliphatic rings. The van der Waals surface area contributed by atoms with Crippen LogP contribution in [0.4, 0.5) is 0 Å². The number of aliphatic carboxylic acids is 1. The summed E-state index contributed by atoms with van der Waals surface area (Å²) in [6, 6.07) is 14.5. The maximum absolute atomic E-state index is 15.2. The number of phenols is 1. The zero-order valence-electron chi connectivity index (χ0n) is 53.0. The maximum Gasteiger partial charge on any atom is 0.305 e. The van der Waals surface area contributed by atoms with Gasteiger partial charge in [-0.25, -0.2) is 0 Å². The first-order chi connectivity index (χ1) is 44.9. The Labute approximate surface area is 543 Å². The minimum atomic E-state index is -2.01. The highest BCUT2D eigenvalue weighted by molar-refractivity contribution is 6.01. The number of H-pyrrole nitrogens is 1. The first kappa shape index (κ1) is 71.3. The summed E-state index contributed by atoms with van der Waals surface area (Å²) in [5.41, 5.74) is 14.3. The molecular weight excluding hydrogens is 1210 g/mol. The molecule has 10 atom stereocenters. The smallest absolute Gasteiger partial charge is 0.305 e. The fourth-order valence-electron chi connectivity index (χ4n) is 11.5. The van der Waals surface area contributed by atoms with Gasteiger partial charge in [0.15, 0.2) is 0 Å². The van der Waals surface area contributed by atoms with Crippen LogP contribution in [-0.2, 0) is 83.2 Å². The van der Waals surface area contributed by atoms with Gasteiger partial charge in [0.25, 0.3) is 0 Å². The Morgan fingerprint density at radius 2 is 0.979 bits per heavy atom. The highest BCUT2D eigenvalue weighted by atomic mass is 16.4. The van der Waals surface area contributed by atoms with Gasteiger partial charge in [-0.3, -0.25) is 57.5 Å². The number of aromatic nitrogens is 1. The number of aromatic hydroxyl groups is 1. The van der Waals surface area contributed by atoms with Gasteiger partial charge in [-0.1, -0.05) is 119 Å². The monoisotopic (exact) mass is 1300 g/mol. The molecule has 502 valence electrons. The van der Waals surface area contributed by atoms with Gasteiger partial charge in [0.1, 0.15) is 66.2 Å². The number of carboxylic acids is 1. The zero-order chi connectivity index (χ0) is 68.2. The molecule has 2 fully saturated rings. The summed E-state index contributed by atoms with van der Waals surface area (Å²) in [7, 11) is 0. The van der Waals surface area contributed by atoms with E-state index in [-0.39, 0.29) is 76.1 Å². The molecule has 5 aromatic rings. The molecule has 16 N–H and O–H groups in total. The van der Waals surface area contributed by atoms with Crippen LogP contribution in [0.25, 0.3) is 10.9 Å². The summed E-state index contributed by atoms with van der Waals surface area (Å²) in [5, 5.41) is 44.9. The Hall–Kier alpha value is -10.2. The van der Waals surface area contributed by atoms with Gasteiger partial charge in [-0.15, -0.1) is 0 Å². The van der Waals surface area contributed by atoms with E-state index in [2.05, 4.69) is 52.8 Å². The third-order valence-electron chi connectivity index (χ3n) is 16.4. The minimum absolute atomic E-state index is 0.0297. The van der Waals surface area contributed by atoms with Crippen molar-refractivity contribution < 1.29 is 67.7 Å². The number of para-hydroxylation sites is 1. The third-order valence-corrected chi connectivity index (χ3v) is 16.4. The Balaban J connectivity index is 1.32. The van der Waals surface area contributed by atoms with Gasteiger partial charge in [0.05, 0.1) is 12.8 Å². The Morgan fingerprint density at radius 1 is 0.521 bits per heavy atom. The van der Waals surface area contributed by atoms with Gasteiger partial charge in [-0.05, 0) is 90.9 Å². The molecule has 0 spiro atoms. The number of amides is 11. The van der Waals surface area contributed by atoms with Crippen LogP contribution in [0.15, 0.2) is 115 Å². The highest BCUT2D eigenvalue weighted by Crippen LogP contribution is 2.23. The topological polar surface area (TPSA) is 425 Å². The lowest BCUT2D eigenvalue weighted by Crippen LogP contribution is -2.62. The van der Waals surface area contributed by atoms with E-state index in [0.29, 0.717) is 39.6 Å². The number of carbonyl (C=O) groups is 12. The second-order valence-electron chi connectivity index (χ2n) is 24.6. The maximum atomic E-state index is 15.2. The fourth-order valence-corrected chi connectivity index (χ4v) is 11.5. The highest BCUT2D eigenvalue weighted by Gasteiger charge is 2.42. The molecule has 7 rings (SSSR count). The number of rotatable bonds is 18. The second-order valence-corrected chi connectivity index (χ2v) is 24.6. The van der Waals surface area contributed by atoms with Crippen molar-refractivity contribution >= 4 is 81.9 Å². The number of carbonyl (C=O) groups excluding carboxylic acids is 11. The molecule has 0 unspecified atom stereocenters. The van der Waals surface area contributed by atoms with Crippen LogP contribution in [0.3, 0.4) is 0 Å². The molecule has 94 heavy (non-hydrogen) atoms. The van der Waals surface area contributed by atoms with E-state index in [1.54, 1.807) is 131 Å². The van der Waals surface area contributed by atoms with Crippen molar-refractivity contribution in [2.75, 3.05) is 13.1 Å². The number of nitrogens with one attached hydrogen (secondary N) is 10. The van der Waals surface area contributed by atoms with Crippen LogP contribution >= 0.6 is 0 Å². The second kappa shape index (κ2) is 33.9. The molecule has 11 amide bonds. The van der Waals surface area contributed by atoms with Crippen molar-refractivity contribution in [2.24, 2.45) is 23.3 Å². The Morgan fingerprint density at radius 3 is 1.54 bits per heavy atom. The summed E-state index contributed by atoms with van der Waals surface area (Å²) in [6.45, 7) is 6.93. The van der Waals surface area contributed by atoms with Crippen molar-refractivity contribution in [3.63, 3.8) is 0 Å². The van der Waals surface area contributed by atoms with E-state index in [0.717, 1.165) is 0 Å². The number of hydrogen-bond donors (Lipinski definition) is 14. The number of fused-ring (bicyclic) bond motifs is 2. The molecule has 1 aromatic heterocycles. The molecule has 0 radical (unpaired) electrons. The van der Waals surface area contributed by atoms with Crippen molar-refractivity contribution in [3.05, 3.63) is 138 Å². The van der Waals surface area contributed by atoms with E-state index in [1.807, 2.05) is 0 Å². The Bertz CT molecular complexity index is 3510. The van der Waals surface area contributed by atoms with E-state index in [9.17, 15) is 63.0 Å². The van der Waals surface area contributed by atoms with E-state index < -0.39 is 150 Å². The van der Waals surface area contributed by atoms with Gasteiger partial charge >= 0.3 is 5.97 Å². The van der Waals surface area contributed by atoms with Gasteiger partial charge in [-0.2, -0.15) is 0 Å². The van der Waals surface area contributed by atoms with Crippen molar-refractivity contribution in [2.45, 2.75) is 159 Å². The zero-order valence-corrected chi connectivity index (χ0v) is 53.0. The Kier molecular flexibility index (Phi) is 25.7. The van der Waals surface area contributed by atoms with Crippen LogP contribution in [0.5, 0.6) is 5.75 Å². The predicted octanol–water partition coefficient (Wildman–Crippen LogP) is 0.303. The first-order valence-corrected chi connectivity index (χ1v) is 31.5. The summed E-state index contributed by atoms with van der Waals surface area (Å²) < 4.78 is 0. The lowest BCUT2D eigenvalue weighted by Gasteiger charge is -2.32. The average molecular weight is 1300 g/mol. The number of nitrogens with zero attached hydrogens (tertiary/aromatic N) is 1. The molecule has 0 aliphatic carbocycles. The van der Waals surface area contributed by atoms with Crippen LogP contribution in [-0.4, -0.2) is 165 Å². The molecule has 2 aliphatic heterocycles. The summed E-state index contributed by atoms with van der Waals surface area (Å²) >= 11 is 0. The predicted molar refractivity (Wildman–Crippen MR) is 345 cm³/mol. The fraction of sp³-hybridized carbons (Fsp3) is 0.433. The molecule has 3 heterocycles. The van der Waals surface area contributed by atoms with Crippen molar-refractivity contribution in [1.82, 2.24) is 57.7 Å². The molecule has 27 nitrogen and oxygen atoms in total. The molecule has 2 saturated heterocycles. The molecule has 0 bridgehead atoms. The molecule has 0 saturated carbocycles. The third kappa shape index (κ3) is 20.4. The number of aromatic amines is 1. The number of hydrogen-bond acceptors (Lipinski definition) is 14. The lowest BCUT2D eigenvalue weighted by atomic mass is 9.98. The average Bonchev–Trinajstić information content (AvgIpc) is 1.60. The molecule has 27 heteroatoms. The number of benzene rings is 4. The van der Waals surface area contributed by atoms with Gasteiger partial charge in [0.2, 0.25) is 65.0 Å². The van der Waals surface area contributed by atoms with Crippen LogP contribution in [0, 0.1) is 11.8 Å². The summed E-state index contributed by atoms with van der Waals surface area (Å²) in [4.78, 5) is 177. The largest absolute Gasteiger partial charge is 0.508 e. The van der Waals surface area contributed by atoms with Crippen molar-refractivity contribution in [1.29, 1.82) is 0 Å². The van der Waals surface area contributed by atoms with Crippen LogP contribution in [0.1, 0.15) is 94.9 Å². The number of nitrogens with two attached hydrogens (primary N) is 2. The van der Waals surface area contributed by atoms with Crippen molar-refractivity contribution in [3.8, 4) is 5.75 Å². The number of phenolic OH excluding ortho intramolecular Hbond substituents is 1. The summed E-state index contributed by atoms with van der Waals surface area (Å²) in [6.07, 6.45) is -0.659. The van der Waals surface area contributed by atoms with Crippen LogP contribution in [0.2, 0.25) is 0 Å². The molecule has 4 aromatic carbocycles. The molecular formula is C67H85N13O14. The standard InChI is InChI=1S/C67H85N13O14/c1-37(2)29-47-59(86)78-53(32-41-23-25-43(81)26-24-41)67(94)80-28-14-22-54(80)65(92)77-49(31-40-17-9-6-10-18-40)61(88)73-48(30-39-15-7-5-8-16-39)60(87)75-51(34-55(69)82)62(89)76-52(35-56(83)84)63(90)74-50(33-42-36-70-45-20-12-11-19-44(42)45)64(91)79-57(38(3)4)66(93)71-46(21-13-27-68)58(85)72-47/h5-12,15-20,23-26,36-38,46-54,57,70,81H,13-14,21-22,27-35,68H2,1-4H3,(H2,69,82)(H,71,93)(H,72,85)(H,73,88)(H,74,90)(H,75,87)(H,76,89)(H,77,92)(H,78,86)(H,79,91)(H,83,84)/t46-,47-,48+,49-,50-,51-,52-,53+,54-,57-/m0/s1. The van der Waals surface area contributed by atoms with Crippen LogP contribution < -0.4 is 59.3 Å². The lowest BCUT2D eigenvalue weighted by molar-refractivity contribution is -0.142. The van der Waals surface area contributed by atoms with E-state index in [1.165, 1.54) is 17.0 Å². The van der Waals surface area contributed by atoms with Gasteiger partial charge < -0.3 is 79.4 Å². The number of carboxylic acid groups (broad SMARTS) is 1. The summed E-state index contributed by atoms with van der Waals surface area (Å²) in [5.74, 6) is -13.1.